The lowest BCUT2D eigenvalue weighted by molar-refractivity contribution is 0.139. The molecule has 1 N–H and O–H groups in total. The van der Waals surface area contributed by atoms with Gasteiger partial charge in [-0.15, -0.1) is 0 Å². The molecule has 1 aliphatic heterocycles. The molecule has 2 rings (SSSR count). The van der Waals surface area contributed by atoms with E-state index >= 15 is 0 Å². The zero-order chi connectivity index (χ0) is 11.4. The first-order valence-electron chi connectivity index (χ1n) is 7.26. The number of nitrogens with zero attached hydrogens (tertiary/aromatic N) is 1. The first kappa shape index (κ1) is 12.4. The predicted molar refractivity (Wildman–Crippen MR) is 69.7 cm³/mol. The molecular formula is C14H28N2. The van der Waals surface area contributed by atoms with Gasteiger partial charge in [0.05, 0.1) is 0 Å². The molecule has 2 nitrogen and oxygen atoms in total. The summed E-state index contributed by atoms with van der Waals surface area (Å²) < 4.78 is 0. The maximum absolute atomic E-state index is 3.61. The molecule has 2 heteroatoms. The lowest BCUT2D eigenvalue weighted by atomic mass is 9.93. The van der Waals surface area contributed by atoms with Gasteiger partial charge in [-0.2, -0.15) is 0 Å². The van der Waals surface area contributed by atoms with E-state index in [-0.39, 0.29) is 0 Å². The Kier molecular flexibility index (Phi) is 4.66. The number of nitrogens with one attached hydrogen (secondary N) is 1. The second kappa shape index (κ2) is 6.02. The van der Waals surface area contributed by atoms with Crippen LogP contribution in [0.2, 0.25) is 0 Å². The minimum absolute atomic E-state index is 0.633. The highest BCUT2D eigenvalue weighted by Gasteiger charge is 2.30. The summed E-state index contributed by atoms with van der Waals surface area (Å²) in [6.45, 7) is 7.06. The molecule has 1 aliphatic carbocycles. The Labute approximate surface area is 101 Å². The Balaban J connectivity index is 1.82. The summed E-state index contributed by atoms with van der Waals surface area (Å²) in [4.78, 5) is 2.81. The van der Waals surface area contributed by atoms with E-state index in [1.165, 1.54) is 58.0 Å². The summed E-state index contributed by atoms with van der Waals surface area (Å²) in [5, 5.41) is 3.61. The minimum Gasteiger partial charge on any atom is -0.313 e. The normalized spacial score (nSPS) is 29.1. The van der Waals surface area contributed by atoms with Crippen LogP contribution in [0.25, 0.3) is 0 Å². The quantitative estimate of drug-likeness (QED) is 0.790. The van der Waals surface area contributed by atoms with Gasteiger partial charge < -0.3 is 5.32 Å². The van der Waals surface area contributed by atoms with E-state index in [0.29, 0.717) is 6.04 Å². The highest BCUT2D eigenvalue weighted by atomic mass is 15.2. The zero-order valence-corrected chi connectivity index (χ0v) is 11.0. The second-order valence-electron chi connectivity index (χ2n) is 5.89. The van der Waals surface area contributed by atoms with Crippen molar-refractivity contribution in [2.45, 2.75) is 76.9 Å². The summed E-state index contributed by atoms with van der Waals surface area (Å²) >= 11 is 0. The van der Waals surface area contributed by atoms with Gasteiger partial charge in [0, 0.05) is 24.7 Å². The average Bonchev–Trinajstić information content (AvgIpc) is 2.75. The average molecular weight is 224 g/mol. The molecule has 94 valence electrons. The number of rotatable bonds is 4. The summed E-state index contributed by atoms with van der Waals surface area (Å²) in [5.74, 6) is 0. The van der Waals surface area contributed by atoms with Gasteiger partial charge in [0.2, 0.25) is 0 Å². The van der Waals surface area contributed by atoms with Crippen LogP contribution in [-0.4, -0.2) is 36.1 Å². The standard InChI is InChI=1S/C14H28N2/c1-12(2)15-11-14-9-6-10-16(14)13-7-4-3-5-8-13/h12-15H,3-11H2,1-2H3. The Morgan fingerprint density at radius 3 is 2.50 bits per heavy atom. The van der Waals surface area contributed by atoms with Crippen molar-refractivity contribution in [2.75, 3.05) is 13.1 Å². The number of hydrogen-bond donors (Lipinski definition) is 1. The lowest BCUT2D eigenvalue weighted by Gasteiger charge is -2.36. The molecule has 0 radical (unpaired) electrons. The van der Waals surface area contributed by atoms with Crippen molar-refractivity contribution in [1.29, 1.82) is 0 Å². The first-order valence-corrected chi connectivity index (χ1v) is 7.26. The maximum Gasteiger partial charge on any atom is 0.0224 e. The fraction of sp³-hybridized carbons (Fsp3) is 1.00. The SMILES string of the molecule is CC(C)NCC1CCCN1C1CCCCC1. The van der Waals surface area contributed by atoms with E-state index in [2.05, 4.69) is 24.1 Å². The van der Waals surface area contributed by atoms with Crippen LogP contribution in [0.15, 0.2) is 0 Å². The smallest absolute Gasteiger partial charge is 0.0224 e. The predicted octanol–water partition coefficient (Wildman–Crippen LogP) is 2.78. The molecule has 0 amide bonds. The van der Waals surface area contributed by atoms with Crippen molar-refractivity contribution in [2.24, 2.45) is 0 Å². The molecule has 0 aromatic rings. The van der Waals surface area contributed by atoms with Crippen LogP contribution in [0.3, 0.4) is 0 Å². The van der Waals surface area contributed by atoms with E-state index < -0.39 is 0 Å². The van der Waals surface area contributed by atoms with Crippen molar-refractivity contribution in [3.63, 3.8) is 0 Å². The van der Waals surface area contributed by atoms with Crippen molar-refractivity contribution < 1.29 is 0 Å². The van der Waals surface area contributed by atoms with Crippen LogP contribution < -0.4 is 5.32 Å². The lowest BCUT2D eigenvalue weighted by Crippen LogP contribution is -2.45. The zero-order valence-electron chi connectivity index (χ0n) is 11.0. The molecule has 2 aliphatic rings. The van der Waals surface area contributed by atoms with Crippen LogP contribution in [-0.2, 0) is 0 Å². The van der Waals surface area contributed by atoms with E-state index in [0.717, 1.165) is 12.1 Å². The summed E-state index contributed by atoms with van der Waals surface area (Å²) in [7, 11) is 0. The molecule has 1 saturated heterocycles. The van der Waals surface area contributed by atoms with E-state index in [4.69, 9.17) is 0 Å². The van der Waals surface area contributed by atoms with Crippen molar-refractivity contribution in [3.05, 3.63) is 0 Å². The molecule has 1 unspecified atom stereocenters. The number of hydrogen-bond acceptors (Lipinski definition) is 2. The Hall–Kier alpha value is -0.0800. The maximum atomic E-state index is 3.61. The van der Waals surface area contributed by atoms with Gasteiger partial charge in [-0.05, 0) is 32.2 Å². The minimum atomic E-state index is 0.633. The molecule has 2 fully saturated rings. The number of likely N-dealkylation sites (tertiary alicyclic amines) is 1. The van der Waals surface area contributed by atoms with Crippen LogP contribution in [0, 0.1) is 0 Å². The molecule has 1 saturated carbocycles. The summed E-state index contributed by atoms with van der Waals surface area (Å²) in [5.41, 5.74) is 0. The fourth-order valence-corrected chi connectivity index (χ4v) is 3.34. The second-order valence-corrected chi connectivity index (χ2v) is 5.89. The van der Waals surface area contributed by atoms with Crippen LogP contribution in [0.4, 0.5) is 0 Å². The van der Waals surface area contributed by atoms with E-state index in [1.807, 2.05) is 0 Å². The van der Waals surface area contributed by atoms with E-state index in [1.54, 1.807) is 0 Å². The highest BCUT2D eigenvalue weighted by Crippen LogP contribution is 2.28. The molecule has 0 bridgehead atoms. The van der Waals surface area contributed by atoms with Crippen LogP contribution in [0.5, 0.6) is 0 Å². The monoisotopic (exact) mass is 224 g/mol. The van der Waals surface area contributed by atoms with Gasteiger partial charge in [-0.1, -0.05) is 33.1 Å². The van der Waals surface area contributed by atoms with Gasteiger partial charge in [-0.3, -0.25) is 4.90 Å². The van der Waals surface area contributed by atoms with Gasteiger partial charge in [-0.25, -0.2) is 0 Å². The molecule has 0 spiro atoms. The topological polar surface area (TPSA) is 15.3 Å². The Morgan fingerprint density at radius 1 is 1.06 bits per heavy atom. The molecule has 0 aromatic heterocycles. The molecule has 1 heterocycles. The van der Waals surface area contributed by atoms with Crippen molar-refractivity contribution >= 4 is 0 Å². The molecule has 0 aromatic carbocycles. The highest BCUT2D eigenvalue weighted by molar-refractivity contribution is 4.87. The third kappa shape index (κ3) is 3.21. The largest absolute Gasteiger partial charge is 0.313 e. The van der Waals surface area contributed by atoms with Gasteiger partial charge >= 0.3 is 0 Å². The Bertz CT molecular complexity index is 197. The van der Waals surface area contributed by atoms with Gasteiger partial charge in [0.15, 0.2) is 0 Å². The molecule has 1 atom stereocenters. The first-order chi connectivity index (χ1) is 7.77. The molecule has 16 heavy (non-hydrogen) atoms. The van der Waals surface area contributed by atoms with Crippen LogP contribution in [0.1, 0.15) is 58.8 Å². The molecular weight excluding hydrogens is 196 g/mol. The summed E-state index contributed by atoms with van der Waals surface area (Å²) in [6, 6.07) is 2.37. The van der Waals surface area contributed by atoms with Crippen LogP contribution >= 0.6 is 0 Å². The summed E-state index contributed by atoms with van der Waals surface area (Å²) in [6.07, 6.45) is 10.1. The third-order valence-electron chi connectivity index (χ3n) is 4.23. The van der Waals surface area contributed by atoms with Gasteiger partial charge in [0.25, 0.3) is 0 Å². The van der Waals surface area contributed by atoms with Gasteiger partial charge in [0.1, 0.15) is 0 Å². The van der Waals surface area contributed by atoms with E-state index in [9.17, 15) is 0 Å². The Morgan fingerprint density at radius 2 is 1.81 bits per heavy atom. The van der Waals surface area contributed by atoms with Crippen molar-refractivity contribution in [1.82, 2.24) is 10.2 Å². The fourth-order valence-electron chi connectivity index (χ4n) is 3.34. The third-order valence-corrected chi connectivity index (χ3v) is 4.23. The van der Waals surface area contributed by atoms with Crippen molar-refractivity contribution in [3.8, 4) is 0 Å².